The van der Waals surface area contributed by atoms with Crippen LogP contribution in [0.3, 0.4) is 0 Å². The van der Waals surface area contributed by atoms with Gasteiger partial charge in [0.25, 0.3) is 0 Å². The van der Waals surface area contributed by atoms with Crippen molar-refractivity contribution in [1.29, 1.82) is 0 Å². The molecule has 0 aliphatic carbocycles. The Morgan fingerprint density at radius 3 is 2.70 bits per heavy atom. The van der Waals surface area contributed by atoms with Gasteiger partial charge in [-0.05, 0) is 36.4 Å². The normalized spacial score (nSPS) is 10.9. The van der Waals surface area contributed by atoms with Crippen LogP contribution in [0.1, 0.15) is 15.9 Å². The first kappa shape index (κ1) is 13.3. The van der Waals surface area contributed by atoms with Crippen LogP contribution < -0.4 is 5.76 Å². The van der Waals surface area contributed by atoms with Gasteiger partial charge in [-0.3, -0.25) is 9.78 Å². The van der Waals surface area contributed by atoms with E-state index >= 15 is 0 Å². The molecule has 0 bridgehead atoms. The quantitative estimate of drug-likeness (QED) is 0.668. The second-order valence-electron chi connectivity index (χ2n) is 4.18. The van der Waals surface area contributed by atoms with Crippen LogP contribution >= 0.6 is 31.9 Å². The fourth-order valence-electron chi connectivity index (χ4n) is 1.91. The van der Waals surface area contributed by atoms with Crippen molar-refractivity contribution in [3.05, 3.63) is 67.0 Å². The van der Waals surface area contributed by atoms with Gasteiger partial charge in [-0.2, -0.15) is 0 Å². The van der Waals surface area contributed by atoms with Crippen molar-refractivity contribution in [3.8, 4) is 0 Å². The minimum Gasteiger partial charge on any atom is -0.408 e. The van der Waals surface area contributed by atoms with Gasteiger partial charge in [-0.15, -0.1) is 0 Å². The summed E-state index contributed by atoms with van der Waals surface area (Å²) in [6.45, 7) is 0. The minimum atomic E-state index is -0.534. The van der Waals surface area contributed by atoms with Crippen molar-refractivity contribution < 1.29 is 9.21 Å². The number of halogens is 2. The van der Waals surface area contributed by atoms with Crippen molar-refractivity contribution in [3.63, 3.8) is 0 Å². The number of aromatic amines is 1. The number of hydrogen-bond acceptors (Lipinski definition) is 3. The molecule has 0 spiro atoms. The number of hydrogen-bond donors (Lipinski definition) is 1. The third kappa shape index (κ3) is 2.36. The molecule has 1 N–H and O–H groups in total. The molecule has 3 rings (SSSR count). The van der Waals surface area contributed by atoms with Gasteiger partial charge in [-0.25, -0.2) is 4.79 Å². The molecule has 0 saturated carbocycles. The Morgan fingerprint density at radius 1 is 1.10 bits per heavy atom. The zero-order valence-corrected chi connectivity index (χ0v) is 13.1. The number of oxazole rings is 1. The van der Waals surface area contributed by atoms with Crippen LogP contribution in [0.2, 0.25) is 0 Å². The lowest BCUT2D eigenvalue weighted by Gasteiger charge is -2.04. The third-order valence-corrected chi connectivity index (χ3v) is 4.04. The molecule has 0 saturated heterocycles. The molecule has 0 unspecified atom stereocenters. The fraction of sp³-hybridized carbons (Fsp3) is 0. The number of nitrogens with one attached hydrogen (secondary N) is 1. The Kier molecular flexibility index (Phi) is 3.35. The standard InChI is InChI=1S/C14H7Br2NO3/c15-8-2-3-10(16)9(6-8)13(18)7-1-4-11-12(5-7)20-14(19)17-11/h1-6H,(H,17,19). The fourth-order valence-corrected chi connectivity index (χ4v) is 2.70. The van der Waals surface area contributed by atoms with E-state index in [1.165, 1.54) is 0 Å². The van der Waals surface area contributed by atoms with Gasteiger partial charge >= 0.3 is 5.76 Å². The van der Waals surface area contributed by atoms with Crippen molar-refractivity contribution >= 4 is 48.7 Å². The van der Waals surface area contributed by atoms with Crippen LogP contribution in [0.25, 0.3) is 11.1 Å². The van der Waals surface area contributed by atoms with Crippen LogP contribution in [-0.2, 0) is 0 Å². The molecule has 6 heteroatoms. The average molecular weight is 397 g/mol. The van der Waals surface area contributed by atoms with Crippen LogP contribution in [0.15, 0.2) is 54.6 Å². The van der Waals surface area contributed by atoms with Crippen LogP contribution in [0.5, 0.6) is 0 Å². The topological polar surface area (TPSA) is 63.1 Å². The maximum Gasteiger partial charge on any atom is 0.417 e. The lowest BCUT2D eigenvalue weighted by Crippen LogP contribution is -2.02. The Balaban J connectivity index is 2.12. The zero-order valence-electron chi connectivity index (χ0n) is 9.94. The first-order chi connectivity index (χ1) is 9.54. The second-order valence-corrected chi connectivity index (χ2v) is 5.95. The molecule has 1 heterocycles. The first-order valence-corrected chi connectivity index (χ1v) is 7.26. The third-order valence-electron chi connectivity index (χ3n) is 2.86. The van der Waals surface area contributed by atoms with Crippen molar-refractivity contribution in [2.45, 2.75) is 0 Å². The van der Waals surface area contributed by atoms with Crippen molar-refractivity contribution in [1.82, 2.24) is 4.98 Å². The molecule has 0 radical (unpaired) electrons. The molecule has 20 heavy (non-hydrogen) atoms. The summed E-state index contributed by atoms with van der Waals surface area (Å²) >= 11 is 6.70. The van der Waals surface area contributed by atoms with E-state index in [1.54, 1.807) is 30.3 Å². The summed E-state index contributed by atoms with van der Waals surface area (Å²) < 4.78 is 6.49. The van der Waals surface area contributed by atoms with E-state index in [-0.39, 0.29) is 5.78 Å². The highest BCUT2D eigenvalue weighted by atomic mass is 79.9. The molecular formula is C14H7Br2NO3. The smallest absolute Gasteiger partial charge is 0.408 e. The lowest BCUT2D eigenvalue weighted by atomic mass is 10.0. The van der Waals surface area contributed by atoms with Crippen LogP contribution in [0, 0.1) is 0 Å². The molecule has 0 fully saturated rings. The maximum atomic E-state index is 12.5. The first-order valence-electron chi connectivity index (χ1n) is 5.67. The number of fused-ring (bicyclic) bond motifs is 1. The number of benzene rings is 2. The minimum absolute atomic E-state index is 0.149. The number of aromatic nitrogens is 1. The van der Waals surface area contributed by atoms with E-state index in [4.69, 9.17) is 4.42 Å². The number of ketones is 1. The summed E-state index contributed by atoms with van der Waals surface area (Å²) in [6, 6.07) is 10.2. The van der Waals surface area contributed by atoms with E-state index < -0.39 is 5.76 Å². The molecule has 0 aliphatic heterocycles. The highest BCUT2D eigenvalue weighted by molar-refractivity contribution is 9.11. The van der Waals surface area contributed by atoms with E-state index in [1.807, 2.05) is 6.07 Å². The van der Waals surface area contributed by atoms with Crippen molar-refractivity contribution in [2.75, 3.05) is 0 Å². The van der Waals surface area contributed by atoms with Crippen LogP contribution in [0.4, 0.5) is 0 Å². The van der Waals surface area contributed by atoms with Gasteiger partial charge in [0.2, 0.25) is 0 Å². The van der Waals surface area contributed by atoms with E-state index in [0.29, 0.717) is 26.7 Å². The summed E-state index contributed by atoms with van der Waals surface area (Å²) in [6.07, 6.45) is 0. The summed E-state index contributed by atoms with van der Waals surface area (Å²) in [5, 5.41) is 0. The number of carbonyl (C=O) groups is 1. The monoisotopic (exact) mass is 395 g/mol. The molecular weight excluding hydrogens is 390 g/mol. The molecule has 1 aromatic heterocycles. The summed E-state index contributed by atoms with van der Waals surface area (Å²) in [5.74, 6) is -0.683. The lowest BCUT2D eigenvalue weighted by molar-refractivity contribution is 0.103. The Labute approximate surface area is 130 Å². The van der Waals surface area contributed by atoms with Gasteiger partial charge in [-0.1, -0.05) is 31.9 Å². The van der Waals surface area contributed by atoms with E-state index in [0.717, 1.165) is 4.47 Å². The van der Waals surface area contributed by atoms with Crippen LogP contribution in [-0.4, -0.2) is 10.8 Å². The molecule has 4 nitrogen and oxygen atoms in total. The number of carbonyl (C=O) groups excluding carboxylic acids is 1. The molecule has 2 aromatic carbocycles. The maximum absolute atomic E-state index is 12.5. The van der Waals surface area contributed by atoms with Gasteiger partial charge in [0.15, 0.2) is 11.4 Å². The van der Waals surface area contributed by atoms with Gasteiger partial charge in [0.05, 0.1) is 5.52 Å². The summed E-state index contributed by atoms with van der Waals surface area (Å²) in [5.41, 5.74) is 1.93. The highest BCUT2D eigenvalue weighted by Crippen LogP contribution is 2.25. The molecule has 0 atom stereocenters. The molecule has 3 aromatic rings. The van der Waals surface area contributed by atoms with Gasteiger partial charge in [0.1, 0.15) is 0 Å². The number of rotatable bonds is 2. The Morgan fingerprint density at radius 2 is 1.90 bits per heavy atom. The predicted molar refractivity (Wildman–Crippen MR) is 82.1 cm³/mol. The Bertz CT molecular complexity index is 880. The van der Waals surface area contributed by atoms with Gasteiger partial charge < -0.3 is 4.42 Å². The van der Waals surface area contributed by atoms with Crippen molar-refractivity contribution in [2.24, 2.45) is 0 Å². The van der Waals surface area contributed by atoms with E-state index in [2.05, 4.69) is 36.8 Å². The summed E-state index contributed by atoms with van der Waals surface area (Å²) in [7, 11) is 0. The van der Waals surface area contributed by atoms with Gasteiger partial charge in [0, 0.05) is 20.1 Å². The summed E-state index contributed by atoms with van der Waals surface area (Å²) in [4.78, 5) is 26.1. The predicted octanol–water partition coefficient (Wildman–Crippen LogP) is 3.88. The SMILES string of the molecule is O=C(c1ccc2[nH]c(=O)oc2c1)c1cc(Br)ccc1Br. The molecule has 0 aliphatic rings. The molecule has 100 valence electrons. The number of H-pyrrole nitrogens is 1. The zero-order chi connectivity index (χ0) is 14.3. The Hall–Kier alpha value is -1.66. The average Bonchev–Trinajstić information content (AvgIpc) is 2.79. The van der Waals surface area contributed by atoms with E-state index in [9.17, 15) is 9.59 Å². The molecule has 0 amide bonds. The second kappa shape index (κ2) is 5.03. The largest absolute Gasteiger partial charge is 0.417 e. The highest BCUT2D eigenvalue weighted by Gasteiger charge is 2.14.